The van der Waals surface area contributed by atoms with Crippen molar-refractivity contribution in [1.29, 1.82) is 0 Å². The maximum absolute atomic E-state index is 12.0. The van der Waals surface area contributed by atoms with Crippen LogP contribution in [0.15, 0.2) is 24.3 Å². The average molecular weight is 429 g/mol. The number of rotatable bonds is 2. The van der Waals surface area contributed by atoms with Crippen LogP contribution < -0.4 is 0 Å². The van der Waals surface area contributed by atoms with E-state index in [1.807, 2.05) is 19.2 Å². The third kappa shape index (κ3) is 3.23. The standard InChI is InChI=1S/C14H15INO.Y/c1-3-10-6-4-5-7-11(10)13-9-8-12(15)14(17)16(13)2;/h4-7,12H,3,8H2,1-2H3;/q-1;. The van der Waals surface area contributed by atoms with Crippen molar-refractivity contribution in [2.45, 2.75) is 23.7 Å². The van der Waals surface area contributed by atoms with Crippen LogP contribution in [0.25, 0.3) is 5.70 Å². The molecule has 1 aliphatic heterocycles. The molecule has 2 rings (SSSR count). The molecule has 1 aliphatic rings. The van der Waals surface area contributed by atoms with Gasteiger partial charge in [0.1, 0.15) is 0 Å². The SMILES string of the molecule is CCc1ccccc1C1=[C-]CC(I)C(=O)N1C.[Y]. The van der Waals surface area contributed by atoms with Gasteiger partial charge in [0.25, 0.3) is 0 Å². The molecule has 1 aromatic carbocycles. The fourth-order valence-corrected chi connectivity index (χ4v) is 2.69. The fourth-order valence-electron chi connectivity index (χ4n) is 2.05. The van der Waals surface area contributed by atoms with Gasteiger partial charge < -0.3 is 4.90 Å². The predicted molar refractivity (Wildman–Crippen MR) is 77.7 cm³/mol. The minimum Gasteiger partial charge on any atom is -0.350 e. The van der Waals surface area contributed by atoms with Crippen LogP contribution in [-0.4, -0.2) is 21.8 Å². The number of amides is 1. The Morgan fingerprint density at radius 1 is 1.44 bits per heavy atom. The number of nitrogens with zero attached hydrogens (tertiary/aromatic N) is 1. The molecule has 0 saturated heterocycles. The molecule has 1 radical (unpaired) electrons. The number of carbonyl (C=O) groups is 1. The summed E-state index contributed by atoms with van der Waals surface area (Å²) in [4.78, 5) is 13.7. The first-order valence-corrected chi connectivity index (χ1v) is 7.00. The molecule has 93 valence electrons. The van der Waals surface area contributed by atoms with E-state index in [0.717, 1.165) is 17.7 Å². The van der Waals surface area contributed by atoms with Crippen molar-refractivity contribution in [2.75, 3.05) is 7.05 Å². The van der Waals surface area contributed by atoms with Gasteiger partial charge >= 0.3 is 0 Å². The smallest absolute Gasteiger partial charge is 0.235 e. The van der Waals surface area contributed by atoms with E-state index in [9.17, 15) is 4.79 Å². The van der Waals surface area contributed by atoms with Crippen LogP contribution in [0.1, 0.15) is 24.5 Å². The molecule has 1 atom stereocenters. The van der Waals surface area contributed by atoms with E-state index in [1.165, 1.54) is 5.56 Å². The molecule has 1 aromatic rings. The van der Waals surface area contributed by atoms with Crippen molar-refractivity contribution < 1.29 is 37.5 Å². The zero-order valence-electron chi connectivity index (χ0n) is 10.6. The van der Waals surface area contributed by atoms with E-state index in [2.05, 4.69) is 47.7 Å². The van der Waals surface area contributed by atoms with Crippen molar-refractivity contribution in [3.05, 3.63) is 41.5 Å². The predicted octanol–water partition coefficient (Wildman–Crippen LogP) is 3.06. The largest absolute Gasteiger partial charge is 0.350 e. The van der Waals surface area contributed by atoms with E-state index in [-0.39, 0.29) is 42.5 Å². The Labute approximate surface area is 147 Å². The van der Waals surface area contributed by atoms with Gasteiger partial charge in [0.2, 0.25) is 5.91 Å². The second kappa shape index (κ2) is 7.15. The van der Waals surface area contributed by atoms with Crippen LogP contribution in [0, 0.1) is 6.08 Å². The van der Waals surface area contributed by atoms with Gasteiger partial charge in [-0.05, 0) is 6.42 Å². The summed E-state index contributed by atoms with van der Waals surface area (Å²) < 4.78 is 0.0233. The Morgan fingerprint density at radius 3 is 2.78 bits per heavy atom. The molecule has 0 N–H and O–H groups in total. The first-order chi connectivity index (χ1) is 8.15. The number of carbonyl (C=O) groups excluding carboxylic acids is 1. The summed E-state index contributed by atoms with van der Waals surface area (Å²) in [6.07, 6.45) is 5.03. The monoisotopic (exact) mass is 429 g/mol. The minimum absolute atomic E-state index is 0. The van der Waals surface area contributed by atoms with Crippen LogP contribution >= 0.6 is 22.6 Å². The number of allylic oxidation sites excluding steroid dienone is 1. The van der Waals surface area contributed by atoms with Crippen molar-refractivity contribution in [3.63, 3.8) is 0 Å². The molecule has 0 aromatic heterocycles. The summed E-state index contributed by atoms with van der Waals surface area (Å²) in [5.74, 6) is 0.172. The van der Waals surface area contributed by atoms with Gasteiger partial charge in [-0.15, -0.1) is 22.9 Å². The van der Waals surface area contributed by atoms with Gasteiger partial charge in [-0.25, -0.2) is 6.08 Å². The van der Waals surface area contributed by atoms with Gasteiger partial charge in [-0.1, -0.05) is 54.1 Å². The maximum atomic E-state index is 12.0. The second-order valence-electron chi connectivity index (χ2n) is 4.10. The molecule has 0 spiro atoms. The molecule has 1 unspecified atom stereocenters. The third-order valence-electron chi connectivity index (χ3n) is 3.04. The van der Waals surface area contributed by atoms with E-state index >= 15 is 0 Å². The number of hydrogen-bond donors (Lipinski definition) is 0. The van der Waals surface area contributed by atoms with E-state index in [4.69, 9.17) is 0 Å². The number of aryl methyl sites for hydroxylation is 1. The molecular formula is C14H15INOY-. The fraction of sp³-hybridized carbons (Fsp3) is 0.357. The first-order valence-electron chi connectivity index (χ1n) is 5.76. The number of benzene rings is 1. The van der Waals surface area contributed by atoms with Crippen LogP contribution in [0.4, 0.5) is 0 Å². The molecule has 0 aliphatic carbocycles. The Bertz CT molecular complexity index is 473. The maximum Gasteiger partial charge on any atom is 0.235 e. The van der Waals surface area contributed by atoms with E-state index < -0.39 is 0 Å². The summed E-state index contributed by atoms with van der Waals surface area (Å²) in [6.45, 7) is 2.13. The Balaban J connectivity index is 0.00000162. The summed E-state index contributed by atoms with van der Waals surface area (Å²) >= 11 is 2.18. The quantitative estimate of drug-likeness (QED) is 0.402. The van der Waals surface area contributed by atoms with E-state index in [0.29, 0.717) is 6.42 Å². The zero-order valence-corrected chi connectivity index (χ0v) is 15.6. The van der Waals surface area contributed by atoms with Gasteiger partial charge in [0, 0.05) is 39.8 Å². The molecule has 0 saturated carbocycles. The van der Waals surface area contributed by atoms with Crippen molar-refractivity contribution >= 4 is 34.2 Å². The minimum atomic E-state index is 0. The van der Waals surface area contributed by atoms with Crippen molar-refractivity contribution in [1.82, 2.24) is 4.90 Å². The number of hydrogen-bond acceptors (Lipinski definition) is 1. The normalized spacial score (nSPS) is 19.3. The van der Waals surface area contributed by atoms with E-state index in [1.54, 1.807) is 4.90 Å². The van der Waals surface area contributed by atoms with Crippen LogP contribution in [0.3, 0.4) is 0 Å². The first kappa shape index (κ1) is 16.3. The number of halogens is 1. The van der Waals surface area contributed by atoms with Gasteiger partial charge in [-0.2, -0.15) is 0 Å². The molecule has 4 heteroatoms. The summed E-state index contributed by atoms with van der Waals surface area (Å²) in [6, 6.07) is 8.23. The topological polar surface area (TPSA) is 20.3 Å². The molecule has 2 nitrogen and oxygen atoms in total. The molecule has 0 bridgehead atoms. The molecule has 1 heterocycles. The molecule has 18 heavy (non-hydrogen) atoms. The van der Waals surface area contributed by atoms with Gasteiger partial charge in [0.15, 0.2) is 0 Å². The Morgan fingerprint density at radius 2 is 2.11 bits per heavy atom. The average Bonchev–Trinajstić information content (AvgIpc) is 2.36. The molecular weight excluding hydrogens is 414 g/mol. The summed E-state index contributed by atoms with van der Waals surface area (Å²) in [5, 5.41) is 0. The molecule has 1 amide bonds. The summed E-state index contributed by atoms with van der Waals surface area (Å²) in [5.41, 5.74) is 3.33. The van der Waals surface area contributed by atoms with Crippen LogP contribution in [-0.2, 0) is 43.9 Å². The van der Waals surface area contributed by atoms with Gasteiger partial charge in [0.05, 0.1) is 3.92 Å². The summed E-state index contributed by atoms with van der Waals surface area (Å²) in [7, 11) is 1.84. The van der Waals surface area contributed by atoms with Crippen LogP contribution in [0.2, 0.25) is 0 Å². The zero-order chi connectivity index (χ0) is 12.4. The number of alkyl halides is 1. The van der Waals surface area contributed by atoms with Crippen LogP contribution in [0.5, 0.6) is 0 Å². The van der Waals surface area contributed by atoms with Crippen molar-refractivity contribution in [3.8, 4) is 0 Å². The Hall–Kier alpha value is 0.264. The Kier molecular flexibility index (Phi) is 6.49. The van der Waals surface area contributed by atoms with Gasteiger partial charge in [-0.3, -0.25) is 4.79 Å². The third-order valence-corrected chi connectivity index (χ3v) is 4.01. The van der Waals surface area contributed by atoms with Crippen molar-refractivity contribution in [2.24, 2.45) is 0 Å². The second-order valence-corrected chi connectivity index (χ2v) is 5.61. The molecule has 0 fully saturated rings.